The monoisotopic (exact) mass is 187 g/mol. The Labute approximate surface area is 65.6 Å². The molecule has 5 N–H and O–H groups in total. The van der Waals surface area contributed by atoms with E-state index in [4.69, 9.17) is 28.4 Å². The second kappa shape index (κ2) is 7.89. The molecule has 0 saturated carbocycles. The van der Waals surface area contributed by atoms with Crippen LogP contribution in [0.4, 0.5) is 0 Å². The standard InChI is InChI=1S/C4H11NO.H2O4S/c5-3-1-2-4-6;1-5(2,3)4/h6H,1-5H2;(H2,1,2,3,4). The van der Waals surface area contributed by atoms with Crippen LogP contribution in [0.5, 0.6) is 0 Å². The first-order valence-corrected chi connectivity index (χ1v) is 4.32. The van der Waals surface area contributed by atoms with Crippen molar-refractivity contribution in [3.63, 3.8) is 0 Å². The van der Waals surface area contributed by atoms with Crippen LogP contribution in [0.15, 0.2) is 0 Å². The number of aliphatic hydroxyl groups excluding tert-OH is 1. The Kier molecular flexibility index (Phi) is 9.60. The highest BCUT2D eigenvalue weighted by Crippen LogP contribution is 1.79. The van der Waals surface area contributed by atoms with Crippen LogP contribution in [-0.2, 0) is 10.4 Å². The molecule has 0 aromatic heterocycles. The minimum atomic E-state index is -4.67. The van der Waals surface area contributed by atoms with Gasteiger partial charge in [0.05, 0.1) is 0 Å². The molecule has 0 aliphatic rings. The topological polar surface area (TPSA) is 121 Å². The van der Waals surface area contributed by atoms with Gasteiger partial charge in [0, 0.05) is 6.61 Å². The van der Waals surface area contributed by atoms with Gasteiger partial charge in [-0.25, -0.2) is 0 Å². The number of nitrogens with two attached hydrogens (primary N) is 1. The lowest BCUT2D eigenvalue weighted by Gasteiger charge is -1.86. The molecule has 0 saturated heterocycles. The van der Waals surface area contributed by atoms with E-state index in [1.807, 2.05) is 0 Å². The number of hydrogen-bond acceptors (Lipinski definition) is 4. The second-order valence-corrected chi connectivity index (χ2v) is 2.56. The molecule has 0 aromatic rings. The predicted molar refractivity (Wildman–Crippen MR) is 39.6 cm³/mol. The lowest BCUT2D eigenvalue weighted by molar-refractivity contribution is 0.285. The van der Waals surface area contributed by atoms with Gasteiger partial charge in [0.1, 0.15) is 0 Å². The molecule has 0 atom stereocenters. The number of unbranched alkanes of at least 4 members (excludes halogenated alkanes) is 1. The molecule has 0 bridgehead atoms. The summed E-state index contributed by atoms with van der Waals surface area (Å²) >= 11 is 0. The third-order valence-corrected chi connectivity index (χ3v) is 0.612. The average Bonchev–Trinajstić information content (AvgIpc) is 1.79. The smallest absolute Gasteiger partial charge is 0.394 e. The Morgan fingerprint density at radius 1 is 1.18 bits per heavy atom. The molecular weight excluding hydrogens is 174 g/mol. The van der Waals surface area contributed by atoms with E-state index in [1.54, 1.807) is 0 Å². The summed E-state index contributed by atoms with van der Waals surface area (Å²) in [5, 5.41) is 8.14. The van der Waals surface area contributed by atoms with Crippen molar-refractivity contribution in [3.05, 3.63) is 0 Å². The number of rotatable bonds is 3. The molecule has 0 heterocycles. The summed E-state index contributed by atoms with van der Waals surface area (Å²) in [4.78, 5) is 0. The number of aliphatic hydroxyl groups is 1. The zero-order valence-corrected chi connectivity index (χ0v) is 6.79. The molecule has 0 aliphatic carbocycles. The van der Waals surface area contributed by atoms with E-state index in [1.165, 1.54) is 0 Å². The van der Waals surface area contributed by atoms with E-state index >= 15 is 0 Å². The van der Waals surface area contributed by atoms with E-state index < -0.39 is 10.4 Å². The van der Waals surface area contributed by atoms with Gasteiger partial charge < -0.3 is 10.8 Å². The molecule has 0 spiro atoms. The first-order chi connectivity index (χ1) is 4.91. The largest absolute Gasteiger partial charge is 0.396 e. The normalized spacial score (nSPS) is 10.2. The van der Waals surface area contributed by atoms with Crippen LogP contribution in [0.25, 0.3) is 0 Å². The van der Waals surface area contributed by atoms with E-state index in [2.05, 4.69) is 0 Å². The van der Waals surface area contributed by atoms with Crippen molar-refractivity contribution >= 4 is 10.4 Å². The predicted octanol–water partition coefficient (Wildman–Crippen LogP) is -0.935. The Hall–Kier alpha value is -0.210. The molecule has 0 unspecified atom stereocenters. The molecule has 6 nitrogen and oxygen atoms in total. The van der Waals surface area contributed by atoms with Crippen LogP contribution >= 0.6 is 0 Å². The third-order valence-electron chi connectivity index (χ3n) is 0.612. The van der Waals surface area contributed by atoms with Gasteiger partial charge >= 0.3 is 10.4 Å². The Balaban J connectivity index is 0. The summed E-state index contributed by atoms with van der Waals surface area (Å²) in [6.07, 6.45) is 1.78. The highest BCUT2D eigenvalue weighted by atomic mass is 32.3. The van der Waals surface area contributed by atoms with Crippen LogP contribution in [-0.4, -0.2) is 35.8 Å². The molecule has 0 aliphatic heterocycles. The zero-order valence-electron chi connectivity index (χ0n) is 5.97. The van der Waals surface area contributed by atoms with Crippen molar-refractivity contribution in [2.45, 2.75) is 12.8 Å². The highest BCUT2D eigenvalue weighted by Gasteiger charge is 1.84. The molecule has 11 heavy (non-hydrogen) atoms. The molecule has 0 aromatic carbocycles. The van der Waals surface area contributed by atoms with Crippen LogP contribution in [0.3, 0.4) is 0 Å². The first kappa shape index (κ1) is 13.4. The van der Waals surface area contributed by atoms with Crippen molar-refractivity contribution in [2.75, 3.05) is 13.2 Å². The van der Waals surface area contributed by atoms with E-state index in [0.29, 0.717) is 6.54 Å². The quantitative estimate of drug-likeness (QED) is 0.334. The summed E-state index contributed by atoms with van der Waals surface area (Å²) in [5.41, 5.74) is 5.10. The van der Waals surface area contributed by atoms with Crippen molar-refractivity contribution in [2.24, 2.45) is 5.73 Å². The maximum absolute atomic E-state index is 8.74. The Bertz CT molecular complexity index is 142. The van der Waals surface area contributed by atoms with Crippen LogP contribution < -0.4 is 5.73 Å². The van der Waals surface area contributed by atoms with E-state index in [9.17, 15) is 0 Å². The zero-order chi connectivity index (χ0) is 9.33. The number of hydrogen-bond donors (Lipinski definition) is 4. The van der Waals surface area contributed by atoms with Crippen molar-refractivity contribution < 1.29 is 22.6 Å². The van der Waals surface area contributed by atoms with E-state index in [-0.39, 0.29) is 6.61 Å². The minimum absolute atomic E-state index is 0.275. The summed E-state index contributed by atoms with van der Waals surface area (Å²) in [6.45, 7) is 0.970. The lowest BCUT2D eigenvalue weighted by atomic mass is 10.3. The first-order valence-electron chi connectivity index (χ1n) is 2.92. The fourth-order valence-electron chi connectivity index (χ4n) is 0.256. The van der Waals surface area contributed by atoms with Crippen LogP contribution in [0, 0.1) is 0 Å². The van der Waals surface area contributed by atoms with Gasteiger partial charge in [0.2, 0.25) is 0 Å². The molecule has 70 valence electrons. The summed E-state index contributed by atoms with van der Waals surface area (Å²) < 4.78 is 31.6. The van der Waals surface area contributed by atoms with Crippen molar-refractivity contribution in [1.82, 2.24) is 0 Å². The highest BCUT2D eigenvalue weighted by molar-refractivity contribution is 7.79. The van der Waals surface area contributed by atoms with Gasteiger partial charge in [0.15, 0.2) is 0 Å². The van der Waals surface area contributed by atoms with Crippen LogP contribution in [0.2, 0.25) is 0 Å². The molecule has 0 radical (unpaired) electrons. The van der Waals surface area contributed by atoms with Crippen molar-refractivity contribution in [3.8, 4) is 0 Å². The second-order valence-electron chi connectivity index (χ2n) is 1.67. The Morgan fingerprint density at radius 3 is 1.64 bits per heavy atom. The SMILES string of the molecule is NCCCCO.O=S(=O)(O)O. The summed E-state index contributed by atoms with van der Waals surface area (Å²) in [5.74, 6) is 0. The molecule has 0 fully saturated rings. The van der Waals surface area contributed by atoms with Crippen molar-refractivity contribution in [1.29, 1.82) is 0 Å². The van der Waals surface area contributed by atoms with Gasteiger partial charge in [-0.3, -0.25) is 9.11 Å². The molecule has 7 heteroatoms. The van der Waals surface area contributed by atoms with E-state index in [0.717, 1.165) is 12.8 Å². The average molecular weight is 187 g/mol. The fourth-order valence-corrected chi connectivity index (χ4v) is 0.256. The fraction of sp³-hybridized carbons (Fsp3) is 1.00. The van der Waals surface area contributed by atoms with Gasteiger partial charge in [-0.15, -0.1) is 0 Å². The Morgan fingerprint density at radius 2 is 1.55 bits per heavy atom. The summed E-state index contributed by atoms with van der Waals surface area (Å²) in [7, 11) is -4.67. The van der Waals surface area contributed by atoms with Gasteiger partial charge in [0.25, 0.3) is 0 Å². The third kappa shape index (κ3) is 76.3. The molecule has 0 rings (SSSR count). The van der Waals surface area contributed by atoms with Gasteiger partial charge in [-0.05, 0) is 19.4 Å². The maximum Gasteiger partial charge on any atom is 0.394 e. The minimum Gasteiger partial charge on any atom is -0.396 e. The van der Waals surface area contributed by atoms with Gasteiger partial charge in [-0.1, -0.05) is 0 Å². The van der Waals surface area contributed by atoms with Crippen LogP contribution in [0.1, 0.15) is 12.8 Å². The maximum atomic E-state index is 8.74. The lowest BCUT2D eigenvalue weighted by Crippen LogP contribution is -1.98. The molecular formula is C4H13NO5S. The summed E-state index contributed by atoms with van der Waals surface area (Å²) in [6, 6.07) is 0. The molecule has 0 amide bonds. The van der Waals surface area contributed by atoms with Gasteiger partial charge in [-0.2, -0.15) is 8.42 Å².